The maximum atomic E-state index is 12.3. The van der Waals surface area contributed by atoms with E-state index in [1.807, 2.05) is 0 Å². The predicted octanol–water partition coefficient (Wildman–Crippen LogP) is 1.56. The van der Waals surface area contributed by atoms with Crippen LogP contribution >= 0.6 is 0 Å². The first-order valence-electron chi connectivity index (χ1n) is 6.75. The van der Waals surface area contributed by atoms with Crippen LogP contribution in [0.15, 0.2) is 23.1 Å². The molecule has 0 spiro atoms. The number of rotatable bonds is 4. The Labute approximate surface area is 120 Å². The maximum Gasteiger partial charge on any atom is 0.241 e. The standard InChI is InChI=1S/C15H19NO3S/c1-12-8-9-13(5-2-3-10-17)11-15(12)20(18,19)16-14-6-4-7-14/h8-9,11,14,16-17H,3-4,6-7,10H2,1H3. The lowest BCUT2D eigenvalue weighted by Crippen LogP contribution is -2.39. The van der Waals surface area contributed by atoms with E-state index in [2.05, 4.69) is 16.6 Å². The second-order valence-corrected chi connectivity index (χ2v) is 6.69. The van der Waals surface area contributed by atoms with Crippen molar-refractivity contribution in [3.8, 4) is 11.8 Å². The summed E-state index contributed by atoms with van der Waals surface area (Å²) in [6.07, 6.45) is 3.29. The molecule has 0 bridgehead atoms. The minimum atomic E-state index is -3.47. The number of sulfonamides is 1. The molecule has 20 heavy (non-hydrogen) atoms. The van der Waals surface area contributed by atoms with E-state index in [1.165, 1.54) is 0 Å². The van der Waals surface area contributed by atoms with E-state index in [0.29, 0.717) is 22.4 Å². The molecule has 1 aromatic rings. The van der Waals surface area contributed by atoms with Crippen LogP contribution in [0.25, 0.3) is 0 Å². The van der Waals surface area contributed by atoms with Gasteiger partial charge in [-0.2, -0.15) is 0 Å². The number of aryl methyl sites for hydroxylation is 1. The molecule has 0 aromatic heterocycles. The second kappa shape index (κ2) is 6.40. The first-order valence-corrected chi connectivity index (χ1v) is 8.24. The highest BCUT2D eigenvalue weighted by Gasteiger charge is 2.25. The zero-order valence-corrected chi connectivity index (χ0v) is 12.3. The first kappa shape index (κ1) is 15.0. The molecule has 0 amide bonds. The minimum absolute atomic E-state index is 0.00720. The highest BCUT2D eigenvalue weighted by atomic mass is 32.2. The van der Waals surface area contributed by atoms with Gasteiger partial charge in [0.05, 0.1) is 11.5 Å². The van der Waals surface area contributed by atoms with Gasteiger partial charge in [-0.3, -0.25) is 0 Å². The summed E-state index contributed by atoms with van der Waals surface area (Å²) >= 11 is 0. The monoisotopic (exact) mass is 293 g/mol. The van der Waals surface area contributed by atoms with E-state index in [0.717, 1.165) is 19.3 Å². The summed E-state index contributed by atoms with van der Waals surface area (Å²) in [7, 11) is -3.47. The molecule has 0 atom stereocenters. The van der Waals surface area contributed by atoms with Gasteiger partial charge >= 0.3 is 0 Å². The van der Waals surface area contributed by atoms with Crippen molar-refractivity contribution in [2.75, 3.05) is 6.61 Å². The third kappa shape index (κ3) is 3.60. The lowest BCUT2D eigenvalue weighted by molar-refractivity contribution is 0.305. The number of nitrogens with one attached hydrogen (secondary N) is 1. The lowest BCUT2D eigenvalue weighted by Gasteiger charge is -2.26. The van der Waals surface area contributed by atoms with Gasteiger partial charge in [0.2, 0.25) is 10.0 Å². The summed E-state index contributed by atoms with van der Waals surface area (Å²) in [4.78, 5) is 0.292. The largest absolute Gasteiger partial charge is 0.395 e. The summed E-state index contributed by atoms with van der Waals surface area (Å²) in [6, 6.07) is 5.23. The van der Waals surface area contributed by atoms with E-state index >= 15 is 0 Å². The summed E-state index contributed by atoms with van der Waals surface area (Å²) in [5, 5.41) is 8.70. The smallest absolute Gasteiger partial charge is 0.241 e. The second-order valence-electron chi connectivity index (χ2n) is 5.00. The van der Waals surface area contributed by atoms with Crippen LogP contribution in [0.3, 0.4) is 0 Å². The zero-order valence-electron chi connectivity index (χ0n) is 11.5. The van der Waals surface area contributed by atoms with Gasteiger partial charge in [-0.05, 0) is 37.5 Å². The molecule has 4 nitrogen and oxygen atoms in total. The summed E-state index contributed by atoms with van der Waals surface area (Å²) < 4.78 is 27.4. The van der Waals surface area contributed by atoms with E-state index in [4.69, 9.17) is 5.11 Å². The summed E-state index contributed by atoms with van der Waals surface area (Å²) in [5.74, 6) is 5.66. The Hall–Kier alpha value is -1.35. The van der Waals surface area contributed by atoms with Crippen LogP contribution in [0.4, 0.5) is 0 Å². The molecule has 0 unspecified atom stereocenters. The fraction of sp³-hybridized carbons (Fsp3) is 0.467. The van der Waals surface area contributed by atoms with Crippen LogP contribution in [0.2, 0.25) is 0 Å². The average Bonchev–Trinajstić information content (AvgIpc) is 2.36. The van der Waals surface area contributed by atoms with Crippen LogP contribution in [0, 0.1) is 18.8 Å². The van der Waals surface area contributed by atoms with Crippen molar-refractivity contribution >= 4 is 10.0 Å². The Bertz CT molecular complexity index is 637. The van der Waals surface area contributed by atoms with Gasteiger partial charge in [-0.25, -0.2) is 13.1 Å². The van der Waals surface area contributed by atoms with E-state index in [1.54, 1.807) is 25.1 Å². The van der Waals surface area contributed by atoms with Gasteiger partial charge in [0, 0.05) is 18.0 Å². The van der Waals surface area contributed by atoms with Crippen molar-refractivity contribution < 1.29 is 13.5 Å². The summed E-state index contributed by atoms with van der Waals surface area (Å²) in [6.45, 7) is 1.79. The Morgan fingerprint density at radius 2 is 2.15 bits per heavy atom. The molecule has 0 radical (unpaired) electrons. The molecule has 1 aliphatic rings. The Morgan fingerprint density at radius 1 is 1.40 bits per heavy atom. The molecule has 5 heteroatoms. The molecular formula is C15H19NO3S. The van der Waals surface area contributed by atoms with Crippen LogP contribution in [-0.4, -0.2) is 26.2 Å². The van der Waals surface area contributed by atoms with Gasteiger partial charge in [-0.15, -0.1) is 0 Å². The number of hydrogen-bond acceptors (Lipinski definition) is 3. The quantitative estimate of drug-likeness (QED) is 0.828. The topological polar surface area (TPSA) is 66.4 Å². The molecule has 1 saturated carbocycles. The third-order valence-electron chi connectivity index (χ3n) is 3.37. The number of benzene rings is 1. The van der Waals surface area contributed by atoms with Crippen molar-refractivity contribution in [2.24, 2.45) is 0 Å². The SMILES string of the molecule is Cc1ccc(C#CCCO)cc1S(=O)(=O)NC1CCC1. The molecule has 1 aliphatic carbocycles. The number of aliphatic hydroxyl groups excluding tert-OH is 1. The third-order valence-corrected chi connectivity index (χ3v) is 5.04. The van der Waals surface area contributed by atoms with Crippen molar-refractivity contribution in [3.05, 3.63) is 29.3 Å². The normalized spacial score (nSPS) is 15.3. The first-order chi connectivity index (χ1) is 9.53. The summed E-state index contributed by atoms with van der Waals surface area (Å²) in [5.41, 5.74) is 1.36. The molecule has 1 aromatic carbocycles. The predicted molar refractivity (Wildman–Crippen MR) is 77.7 cm³/mol. The van der Waals surface area contributed by atoms with Crippen molar-refractivity contribution in [2.45, 2.75) is 43.5 Å². The average molecular weight is 293 g/mol. The Balaban J connectivity index is 2.25. The molecule has 0 saturated heterocycles. The number of aliphatic hydroxyl groups is 1. The van der Waals surface area contributed by atoms with Crippen LogP contribution in [0.5, 0.6) is 0 Å². The molecule has 1 fully saturated rings. The molecular weight excluding hydrogens is 274 g/mol. The van der Waals surface area contributed by atoms with Crippen molar-refractivity contribution in [1.29, 1.82) is 0 Å². The maximum absolute atomic E-state index is 12.3. The fourth-order valence-electron chi connectivity index (χ4n) is 2.00. The zero-order chi connectivity index (χ0) is 14.6. The van der Waals surface area contributed by atoms with Crippen LogP contribution in [-0.2, 0) is 10.0 Å². The van der Waals surface area contributed by atoms with Gasteiger partial charge < -0.3 is 5.11 Å². The molecule has 0 heterocycles. The Morgan fingerprint density at radius 3 is 2.75 bits per heavy atom. The van der Waals surface area contributed by atoms with E-state index in [9.17, 15) is 8.42 Å². The van der Waals surface area contributed by atoms with Gasteiger partial charge in [0.25, 0.3) is 0 Å². The fourth-order valence-corrected chi connectivity index (χ4v) is 3.57. The Kier molecular flexibility index (Phi) is 4.81. The highest BCUT2D eigenvalue weighted by molar-refractivity contribution is 7.89. The van der Waals surface area contributed by atoms with Gasteiger partial charge in [0.15, 0.2) is 0 Å². The van der Waals surface area contributed by atoms with E-state index < -0.39 is 10.0 Å². The molecule has 108 valence electrons. The van der Waals surface area contributed by atoms with Crippen LogP contribution in [0.1, 0.15) is 36.8 Å². The van der Waals surface area contributed by atoms with Gasteiger partial charge in [-0.1, -0.05) is 24.3 Å². The van der Waals surface area contributed by atoms with Gasteiger partial charge in [0.1, 0.15) is 0 Å². The number of hydrogen-bond donors (Lipinski definition) is 2. The molecule has 2 N–H and O–H groups in total. The van der Waals surface area contributed by atoms with Crippen molar-refractivity contribution in [3.63, 3.8) is 0 Å². The highest BCUT2D eigenvalue weighted by Crippen LogP contribution is 2.23. The molecule has 2 rings (SSSR count). The van der Waals surface area contributed by atoms with E-state index in [-0.39, 0.29) is 12.6 Å². The molecule has 0 aliphatic heterocycles. The lowest BCUT2D eigenvalue weighted by atomic mass is 9.94. The van der Waals surface area contributed by atoms with Crippen molar-refractivity contribution in [1.82, 2.24) is 4.72 Å². The minimum Gasteiger partial charge on any atom is -0.395 e. The van der Waals surface area contributed by atoms with Crippen LogP contribution < -0.4 is 4.72 Å².